The summed E-state index contributed by atoms with van der Waals surface area (Å²) in [6, 6.07) is 12.2. The molecule has 1 N–H and O–H groups in total. The van der Waals surface area contributed by atoms with Gasteiger partial charge in [-0.2, -0.15) is 0 Å². The minimum atomic E-state index is -0.660. The van der Waals surface area contributed by atoms with Crippen molar-refractivity contribution in [3.05, 3.63) is 69.3 Å². The van der Waals surface area contributed by atoms with Crippen molar-refractivity contribution in [2.24, 2.45) is 0 Å². The molecule has 1 atom stereocenters. The number of Topliss-reactive ketones (excluding diaryl/α,β-unsaturated/α-hetero) is 1. The van der Waals surface area contributed by atoms with E-state index in [0.717, 1.165) is 29.9 Å². The molecule has 0 fully saturated rings. The number of ketones is 1. The molecule has 0 radical (unpaired) electrons. The van der Waals surface area contributed by atoms with Crippen LogP contribution in [0.1, 0.15) is 44.2 Å². The number of para-hydroxylation sites is 2. The Morgan fingerprint density at radius 3 is 2.54 bits per heavy atom. The normalized spacial score (nSPS) is 18.9. The number of fused-ring (bicyclic) bond motifs is 1. The highest BCUT2D eigenvalue weighted by Gasteiger charge is 2.40. The van der Waals surface area contributed by atoms with Gasteiger partial charge < -0.3 is 5.32 Å². The molecule has 0 spiro atoms. The number of carbonyl (C=O) groups excluding carboxylic acids is 2. The fraction of sp³-hybridized carbons (Fsp3) is 0.273. The first-order chi connectivity index (χ1) is 13.5. The maximum atomic E-state index is 13.1. The van der Waals surface area contributed by atoms with Gasteiger partial charge in [0.25, 0.3) is 0 Å². The van der Waals surface area contributed by atoms with Gasteiger partial charge in [-0.15, -0.1) is 0 Å². The van der Waals surface area contributed by atoms with Gasteiger partial charge in [0.1, 0.15) is 0 Å². The van der Waals surface area contributed by atoms with E-state index in [9.17, 15) is 9.59 Å². The van der Waals surface area contributed by atoms with Crippen molar-refractivity contribution in [2.45, 2.75) is 38.6 Å². The third-order valence-electron chi connectivity index (χ3n) is 5.28. The molecular weight excluding hydrogens is 395 g/mol. The van der Waals surface area contributed by atoms with Gasteiger partial charge in [0.05, 0.1) is 17.4 Å². The SMILES string of the molecule is CCC(=O)N1c2ccccc2NC2=C(C(=O)CCC2)C1c1c(Cl)cccc1Cl. The zero-order chi connectivity index (χ0) is 19.8. The maximum Gasteiger partial charge on any atom is 0.227 e. The van der Waals surface area contributed by atoms with E-state index in [-0.39, 0.29) is 11.7 Å². The zero-order valence-electron chi connectivity index (χ0n) is 15.5. The van der Waals surface area contributed by atoms with E-state index >= 15 is 0 Å². The lowest BCUT2D eigenvalue weighted by Crippen LogP contribution is -2.38. The van der Waals surface area contributed by atoms with Gasteiger partial charge in [0, 0.05) is 39.7 Å². The van der Waals surface area contributed by atoms with E-state index in [4.69, 9.17) is 23.2 Å². The fourth-order valence-electron chi connectivity index (χ4n) is 4.02. The number of anilines is 2. The Kier molecular flexibility index (Phi) is 5.17. The van der Waals surface area contributed by atoms with Gasteiger partial charge in [-0.1, -0.05) is 48.3 Å². The predicted octanol–water partition coefficient (Wildman–Crippen LogP) is 5.91. The highest BCUT2D eigenvalue weighted by Crippen LogP contribution is 2.48. The molecule has 2 aromatic carbocycles. The van der Waals surface area contributed by atoms with Crippen molar-refractivity contribution >= 4 is 46.3 Å². The van der Waals surface area contributed by atoms with Crippen LogP contribution in [0.4, 0.5) is 11.4 Å². The summed E-state index contributed by atoms with van der Waals surface area (Å²) in [7, 11) is 0. The number of amides is 1. The number of hydrogen-bond acceptors (Lipinski definition) is 3. The Balaban J connectivity index is 2.06. The average Bonchev–Trinajstić information content (AvgIpc) is 2.82. The van der Waals surface area contributed by atoms with Crippen molar-refractivity contribution in [2.75, 3.05) is 10.2 Å². The fourth-order valence-corrected chi connectivity index (χ4v) is 4.63. The molecule has 144 valence electrons. The summed E-state index contributed by atoms with van der Waals surface area (Å²) < 4.78 is 0. The molecule has 0 saturated heterocycles. The highest BCUT2D eigenvalue weighted by molar-refractivity contribution is 6.36. The van der Waals surface area contributed by atoms with Gasteiger partial charge in [-0.25, -0.2) is 0 Å². The maximum absolute atomic E-state index is 13.1. The van der Waals surface area contributed by atoms with Crippen LogP contribution in [0.15, 0.2) is 53.7 Å². The first-order valence-electron chi connectivity index (χ1n) is 9.41. The lowest BCUT2D eigenvalue weighted by atomic mass is 9.85. The molecule has 6 heteroatoms. The van der Waals surface area contributed by atoms with Crippen molar-refractivity contribution in [3.8, 4) is 0 Å². The van der Waals surface area contributed by atoms with Crippen molar-refractivity contribution in [1.82, 2.24) is 0 Å². The number of rotatable bonds is 2. The van der Waals surface area contributed by atoms with Crippen LogP contribution < -0.4 is 10.2 Å². The van der Waals surface area contributed by atoms with E-state index in [0.29, 0.717) is 34.0 Å². The number of carbonyl (C=O) groups is 2. The topological polar surface area (TPSA) is 49.4 Å². The van der Waals surface area contributed by atoms with Gasteiger partial charge in [-0.05, 0) is 37.1 Å². The van der Waals surface area contributed by atoms with Crippen LogP contribution in [0.2, 0.25) is 10.0 Å². The van der Waals surface area contributed by atoms with Crippen LogP contribution in [-0.4, -0.2) is 11.7 Å². The van der Waals surface area contributed by atoms with Crippen molar-refractivity contribution in [3.63, 3.8) is 0 Å². The van der Waals surface area contributed by atoms with Crippen LogP contribution >= 0.6 is 23.2 Å². The van der Waals surface area contributed by atoms with Crippen molar-refractivity contribution in [1.29, 1.82) is 0 Å². The van der Waals surface area contributed by atoms with Crippen LogP contribution in [0.25, 0.3) is 0 Å². The van der Waals surface area contributed by atoms with E-state index in [1.54, 1.807) is 23.1 Å². The molecular formula is C22H20Cl2N2O2. The van der Waals surface area contributed by atoms with Crippen LogP contribution in [0.3, 0.4) is 0 Å². The van der Waals surface area contributed by atoms with E-state index in [2.05, 4.69) is 5.32 Å². The summed E-state index contributed by atoms with van der Waals surface area (Å²) in [6.45, 7) is 1.81. The minimum Gasteiger partial charge on any atom is -0.357 e. The van der Waals surface area contributed by atoms with E-state index in [1.807, 2.05) is 31.2 Å². The Morgan fingerprint density at radius 1 is 1.11 bits per heavy atom. The predicted molar refractivity (Wildman–Crippen MR) is 113 cm³/mol. The lowest BCUT2D eigenvalue weighted by molar-refractivity contribution is -0.118. The molecule has 28 heavy (non-hydrogen) atoms. The van der Waals surface area contributed by atoms with E-state index < -0.39 is 6.04 Å². The summed E-state index contributed by atoms with van der Waals surface area (Å²) in [4.78, 5) is 27.9. The monoisotopic (exact) mass is 414 g/mol. The molecule has 1 unspecified atom stereocenters. The largest absolute Gasteiger partial charge is 0.357 e. The lowest BCUT2D eigenvalue weighted by Gasteiger charge is -2.34. The molecule has 1 aliphatic carbocycles. The number of hydrogen-bond donors (Lipinski definition) is 1. The Bertz CT molecular complexity index is 980. The second-order valence-electron chi connectivity index (χ2n) is 6.97. The van der Waals surface area contributed by atoms with Crippen LogP contribution in [0.5, 0.6) is 0 Å². The zero-order valence-corrected chi connectivity index (χ0v) is 17.0. The third-order valence-corrected chi connectivity index (χ3v) is 5.94. The van der Waals surface area contributed by atoms with Gasteiger partial charge in [-0.3, -0.25) is 14.5 Å². The molecule has 4 nitrogen and oxygen atoms in total. The highest BCUT2D eigenvalue weighted by atomic mass is 35.5. The smallest absolute Gasteiger partial charge is 0.227 e. The Labute approximate surface area is 174 Å². The first kappa shape index (κ1) is 19.0. The molecule has 1 amide bonds. The Hall–Kier alpha value is -2.30. The number of nitrogens with zero attached hydrogens (tertiary/aromatic N) is 1. The summed E-state index contributed by atoms with van der Waals surface area (Å²) in [5.74, 6) is -0.0706. The van der Waals surface area contributed by atoms with Gasteiger partial charge in [0.2, 0.25) is 5.91 Å². The average molecular weight is 415 g/mol. The first-order valence-corrected chi connectivity index (χ1v) is 10.2. The van der Waals surface area contributed by atoms with E-state index in [1.165, 1.54) is 0 Å². The summed E-state index contributed by atoms with van der Waals surface area (Å²) in [6.07, 6.45) is 2.26. The van der Waals surface area contributed by atoms with Crippen molar-refractivity contribution < 1.29 is 9.59 Å². The molecule has 1 heterocycles. The molecule has 0 saturated carbocycles. The molecule has 2 aromatic rings. The quantitative estimate of drug-likeness (QED) is 0.664. The minimum absolute atomic E-state index is 0.0245. The van der Waals surface area contributed by atoms with Crippen LogP contribution in [0, 0.1) is 0 Å². The summed E-state index contributed by atoms with van der Waals surface area (Å²) >= 11 is 13.1. The number of benzene rings is 2. The summed E-state index contributed by atoms with van der Waals surface area (Å²) in [5, 5.41) is 4.30. The van der Waals surface area contributed by atoms with Gasteiger partial charge in [0.15, 0.2) is 5.78 Å². The summed E-state index contributed by atoms with van der Waals surface area (Å²) in [5.41, 5.74) is 3.54. The Morgan fingerprint density at radius 2 is 1.82 bits per heavy atom. The number of nitrogens with one attached hydrogen (secondary N) is 1. The molecule has 1 aliphatic heterocycles. The molecule has 2 aliphatic rings. The third kappa shape index (κ3) is 3.11. The molecule has 0 aromatic heterocycles. The van der Waals surface area contributed by atoms with Gasteiger partial charge >= 0.3 is 0 Å². The molecule has 0 bridgehead atoms. The number of halogens is 2. The number of allylic oxidation sites excluding steroid dienone is 1. The molecule has 4 rings (SSSR count). The van der Waals surface area contributed by atoms with Crippen LogP contribution in [-0.2, 0) is 9.59 Å². The standard InChI is InChI=1S/C22H20Cl2N2O2/c1-2-19(28)26-17-11-4-3-9-15(17)25-16-10-6-12-18(27)21(16)22(26)20-13(23)7-5-8-14(20)24/h3-5,7-9,11,22,25H,2,6,10,12H2,1H3. The second-order valence-corrected chi connectivity index (χ2v) is 7.78. The second kappa shape index (κ2) is 7.61.